The van der Waals surface area contributed by atoms with Crippen molar-refractivity contribution in [3.63, 3.8) is 0 Å². The fraction of sp³-hybridized carbons (Fsp3) is 0.778. The fourth-order valence-electron chi connectivity index (χ4n) is 2.17. The molecule has 0 aromatic rings. The number of amidine groups is 1. The predicted molar refractivity (Wildman–Crippen MR) is 61.2 cm³/mol. The molecule has 8 heteroatoms. The Labute approximate surface area is 99.8 Å². The smallest absolute Gasteiger partial charge is 0.322 e. The molecule has 17 heavy (non-hydrogen) atoms. The number of carboxylic acid groups (broad SMARTS) is 1. The summed E-state index contributed by atoms with van der Waals surface area (Å²) in [4.78, 5) is 16.5. The third kappa shape index (κ3) is 2.02. The van der Waals surface area contributed by atoms with Crippen LogP contribution in [0.5, 0.6) is 0 Å². The number of likely N-dealkylation sites (N-methyl/N-ethyl adjacent to an activating group) is 1. The second-order valence-electron chi connectivity index (χ2n) is 4.20. The number of rotatable bonds is 2. The quantitative estimate of drug-likeness (QED) is 0.700. The van der Waals surface area contributed by atoms with Gasteiger partial charge in [-0.15, -0.1) is 0 Å². The zero-order valence-electron chi connectivity index (χ0n) is 9.53. The Kier molecular flexibility index (Phi) is 3.09. The van der Waals surface area contributed by atoms with Crippen molar-refractivity contribution >= 4 is 21.2 Å². The highest BCUT2D eigenvalue weighted by molar-refractivity contribution is 8.04. The Bertz CT molecular complexity index is 459. The molecular formula is C9H15N3O4S. The Morgan fingerprint density at radius 3 is 2.71 bits per heavy atom. The van der Waals surface area contributed by atoms with Gasteiger partial charge in [0.15, 0.2) is 0 Å². The zero-order chi connectivity index (χ0) is 12.6. The van der Waals surface area contributed by atoms with Crippen molar-refractivity contribution < 1.29 is 18.3 Å². The van der Waals surface area contributed by atoms with Gasteiger partial charge in [-0.1, -0.05) is 0 Å². The third-order valence-corrected chi connectivity index (χ3v) is 4.99. The highest BCUT2D eigenvalue weighted by Gasteiger charge is 2.43. The average molecular weight is 261 g/mol. The molecule has 1 saturated heterocycles. The van der Waals surface area contributed by atoms with Gasteiger partial charge in [0.2, 0.25) is 5.17 Å². The van der Waals surface area contributed by atoms with E-state index in [4.69, 9.17) is 5.11 Å². The number of nitrogens with zero attached hydrogens (tertiary/aromatic N) is 3. The Balaban J connectivity index is 2.30. The molecule has 0 aromatic heterocycles. The number of carbonyl (C=O) groups is 1. The van der Waals surface area contributed by atoms with Crippen LogP contribution in [0, 0.1) is 0 Å². The van der Waals surface area contributed by atoms with Gasteiger partial charge in [-0.25, -0.2) is 8.42 Å². The largest absolute Gasteiger partial charge is 0.480 e. The Morgan fingerprint density at radius 1 is 1.47 bits per heavy atom. The first-order valence-corrected chi connectivity index (χ1v) is 6.89. The summed E-state index contributed by atoms with van der Waals surface area (Å²) in [5.41, 5.74) is 0. The topological polar surface area (TPSA) is 90.3 Å². The van der Waals surface area contributed by atoms with E-state index in [1.165, 1.54) is 0 Å². The lowest BCUT2D eigenvalue weighted by Gasteiger charge is -2.23. The van der Waals surface area contributed by atoms with Crippen LogP contribution in [0.2, 0.25) is 0 Å². The lowest BCUT2D eigenvalue weighted by atomic mass is 10.2. The summed E-state index contributed by atoms with van der Waals surface area (Å²) >= 11 is 0. The van der Waals surface area contributed by atoms with E-state index in [0.29, 0.717) is 25.9 Å². The summed E-state index contributed by atoms with van der Waals surface area (Å²) in [7, 11) is -2.11. The molecule has 0 spiro atoms. The first-order valence-electron chi connectivity index (χ1n) is 5.45. The lowest BCUT2D eigenvalue weighted by molar-refractivity contribution is -0.140. The highest BCUT2D eigenvalue weighted by atomic mass is 32.2. The number of aliphatic imine (C=N–C) groups is 1. The van der Waals surface area contributed by atoms with Gasteiger partial charge in [0.05, 0.1) is 6.54 Å². The third-order valence-electron chi connectivity index (χ3n) is 3.04. The van der Waals surface area contributed by atoms with Gasteiger partial charge in [0, 0.05) is 20.1 Å². The molecule has 0 unspecified atom stereocenters. The molecule has 1 fully saturated rings. The molecule has 2 aliphatic rings. The second-order valence-corrected chi connectivity index (χ2v) is 5.98. The van der Waals surface area contributed by atoms with Gasteiger partial charge < -0.3 is 10.0 Å². The molecule has 0 aromatic carbocycles. The van der Waals surface area contributed by atoms with E-state index in [1.807, 2.05) is 0 Å². The van der Waals surface area contributed by atoms with E-state index in [2.05, 4.69) is 4.99 Å². The first-order chi connectivity index (χ1) is 7.94. The van der Waals surface area contributed by atoms with Crippen LogP contribution < -0.4 is 0 Å². The van der Waals surface area contributed by atoms with Gasteiger partial charge >= 0.3 is 5.97 Å². The number of carboxylic acids is 1. The summed E-state index contributed by atoms with van der Waals surface area (Å²) in [6.07, 6.45) is 0.943. The van der Waals surface area contributed by atoms with E-state index in [-0.39, 0.29) is 11.7 Å². The van der Waals surface area contributed by atoms with E-state index in [0.717, 1.165) is 4.31 Å². The van der Waals surface area contributed by atoms with Gasteiger partial charge in [-0.05, 0) is 12.8 Å². The summed E-state index contributed by atoms with van der Waals surface area (Å²) in [5.74, 6) is -1.09. The molecule has 0 saturated carbocycles. The molecule has 0 aliphatic carbocycles. The summed E-state index contributed by atoms with van der Waals surface area (Å²) in [6.45, 7) is 1.25. The maximum Gasteiger partial charge on any atom is 0.322 e. The Hall–Kier alpha value is -1.15. The lowest BCUT2D eigenvalue weighted by Crippen LogP contribution is -2.46. The SMILES string of the molecule is CN1CCN=C1S(=O)(=O)N1CCC[C@H]1C(=O)O. The summed E-state index contributed by atoms with van der Waals surface area (Å²) in [6, 6.07) is -0.948. The minimum atomic E-state index is -3.75. The predicted octanol–water partition coefficient (Wildman–Crippen LogP) is -0.833. The minimum absolute atomic E-state index is 0.00866. The van der Waals surface area contributed by atoms with Crippen LogP contribution in [0.15, 0.2) is 4.99 Å². The maximum absolute atomic E-state index is 12.3. The maximum atomic E-state index is 12.3. The molecule has 2 rings (SSSR count). The molecular weight excluding hydrogens is 246 g/mol. The van der Waals surface area contributed by atoms with Crippen molar-refractivity contribution in [2.75, 3.05) is 26.7 Å². The van der Waals surface area contributed by atoms with Crippen molar-refractivity contribution in [3.8, 4) is 0 Å². The second kappa shape index (κ2) is 4.26. The van der Waals surface area contributed by atoms with Crippen LogP contribution in [0.4, 0.5) is 0 Å². The van der Waals surface area contributed by atoms with E-state index < -0.39 is 22.0 Å². The van der Waals surface area contributed by atoms with Crippen LogP contribution >= 0.6 is 0 Å². The van der Waals surface area contributed by atoms with Gasteiger partial charge in [0.1, 0.15) is 6.04 Å². The Morgan fingerprint density at radius 2 is 2.18 bits per heavy atom. The number of hydrogen-bond acceptors (Lipinski definition) is 5. The van der Waals surface area contributed by atoms with Crippen LogP contribution in [0.25, 0.3) is 0 Å². The first kappa shape index (κ1) is 12.3. The summed E-state index contributed by atoms with van der Waals surface area (Å²) < 4.78 is 25.6. The van der Waals surface area contributed by atoms with Crippen molar-refractivity contribution in [1.82, 2.24) is 9.21 Å². The number of aliphatic carboxylic acids is 1. The molecule has 1 atom stereocenters. The van der Waals surface area contributed by atoms with Crippen molar-refractivity contribution in [1.29, 1.82) is 0 Å². The van der Waals surface area contributed by atoms with Gasteiger partial charge in [-0.3, -0.25) is 9.79 Å². The standard InChI is InChI=1S/C9H15N3O4S/c1-11-6-4-10-9(11)17(15,16)12-5-2-3-7(12)8(13)14/h7H,2-6H2,1H3,(H,13,14)/t7-/m0/s1. The summed E-state index contributed by atoms with van der Waals surface area (Å²) in [5, 5.41) is 8.99. The van der Waals surface area contributed by atoms with E-state index >= 15 is 0 Å². The van der Waals surface area contributed by atoms with Crippen molar-refractivity contribution in [3.05, 3.63) is 0 Å². The van der Waals surface area contributed by atoms with Crippen molar-refractivity contribution in [2.24, 2.45) is 4.99 Å². The van der Waals surface area contributed by atoms with Crippen molar-refractivity contribution in [2.45, 2.75) is 18.9 Å². The van der Waals surface area contributed by atoms with Gasteiger partial charge in [0.25, 0.3) is 10.0 Å². The molecule has 0 amide bonds. The monoisotopic (exact) mass is 261 g/mol. The molecule has 96 valence electrons. The molecule has 2 aliphatic heterocycles. The molecule has 1 N–H and O–H groups in total. The minimum Gasteiger partial charge on any atom is -0.480 e. The van der Waals surface area contributed by atoms with Gasteiger partial charge in [-0.2, -0.15) is 4.31 Å². The molecule has 0 radical (unpaired) electrons. The van der Waals surface area contributed by atoms with Crippen LogP contribution in [-0.4, -0.2) is 66.6 Å². The molecule has 0 bridgehead atoms. The van der Waals surface area contributed by atoms with Crippen LogP contribution in [-0.2, 0) is 14.8 Å². The normalized spacial score (nSPS) is 26.3. The number of sulfonamides is 1. The number of hydrogen-bond donors (Lipinski definition) is 1. The average Bonchev–Trinajstić information content (AvgIpc) is 2.84. The zero-order valence-corrected chi connectivity index (χ0v) is 10.4. The van der Waals surface area contributed by atoms with E-state index in [1.54, 1.807) is 11.9 Å². The van der Waals surface area contributed by atoms with Crippen LogP contribution in [0.3, 0.4) is 0 Å². The molecule has 7 nitrogen and oxygen atoms in total. The van der Waals surface area contributed by atoms with Crippen LogP contribution in [0.1, 0.15) is 12.8 Å². The highest BCUT2D eigenvalue weighted by Crippen LogP contribution is 2.23. The fourth-order valence-corrected chi connectivity index (χ4v) is 4.02. The van der Waals surface area contributed by atoms with E-state index in [9.17, 15) is 13.2 Å². The molecule has 2 heterocycles.